The molecule has 5 rings (SSSR count). The second kappa shape index (κ2) is 9.49. The number of halogens is 1. The molecule has 0 radical (unpaired) electrons. The number of hydrogen-bond acceptors (Lipinski definition) is 4. The van der Waals surface area contributed by atoms with Gasteiger partial charge in [-0.3, -0.25) is 14.4 Å². The lowest BCUT2D eigenvalue weighted by molar-refractivity contribution is -0.141. The van der Waals surface area contributed by atoms with Gasteiger partial charge in [0.25, 0.3) is 0 Å². The molecule has 1 aliphatic carbocycles. The molecular weight excluding hydrogens is 478 g/mol. The second-order valence-corrected chi connectivity index (χ2v) is 11.5. The number of likely N-dealkylation sites (tertiary alicyclic amines) is 1. The molecule has 8 atom stereocenters. The van der Waals surface area contributed by atoms with Crippen molar-refractivity contribution >= 4 is 35.0 Å². The van der Waals surface area contributed by atoms with Gasteiger partial charge in [0.15, 0.2) is 0 Å². The van der Waals surface area contributed by atoms with Crippen LogP contribution in [0.1, 0.15) is 52.0 Å². The molecule has 1 spiro atoms. The van der Waals surface area contributed by atoms with Crippen LogP contribution in [0.3, 0.4) is 0 Å². The first-order valence-corrected chi connectivity index (χ1v) is 13.6. The molecule has 8 heteroatoms. The minimum absolute atomic E-state index is 0.0724. The Labute approximate surface area is 218 Å². The summed E-state index contributed by atoms with van der Waals surface area (Å²) in [5, 5.41) is 6.76. The van der Waals surface area contributed by atoms with Crippen molar-refractivity contribution in [1.82, 2.24) is 10.2 Å². The van der Waals surface area contributed by atoms with Crippen LogP contribution < -0.4 is 10.6 Å². The van der Waals surface area contributed by atoms with Crippen molar-refractivity contribution in [2.75, 3.05) is 11.9 Å². The fraction of sp³-hybridized carbons (Fsp3) is 0.607. The predicted octanol–water partition coefficient (Wildman–Crippen LogP) is 4.09. The van der Waals surface area contributed by atoms with Crippen LogP contribution in [-0.2, 0) is 19.1 Å². The van der Waals surface area contributed by atoms with Crippen molar-refractivity contribution in [2.45, 2.75) is 77.2 Å². The summed E-state index contributed by atoms with van der Waals surface area (Å²) in [5.74, 6) is -1.21. The molecule has 2 N–H and O–H groups in total. The van der Waals surface area contributed by atoms with Crippen molar-refractivity contribution < 1.29 is 19.1 Å². The van der Waals surface area contributed by atoms with Crippen LogP contribution in [0.2, 0.25) is 5.02 Å². The first-order valence-electron chi connectivity index (χ1n) is 13.2. The molecule has 1 saturated carbocycles. The van der Waals surface area contributed by atoms with Gasteiger partial charge in [0, 0.05) is 23.3 Å². The number of carbonyl (C=O) groups is 3. The van der Waals surface area contributed by atoms with Crippen LogP contribution in [0.5, 0.6) is 0 Å². The van der Waals surface area contributed by atoms with E-state index in [-0.39, 0.29) is 23.8 Å². The summed E-state index contributed by atoms with van der Waals surface area (Å²) in [6, 6.07) is 4.63. The van der Waals surface area contributed by atoms with Crippen LogP contribution in [-0.4, -0.2) is 53.0 Å². The number of fused-ring (bicyclic) bond motifs is 1. The topological polar surface area (TPSA) is 87.7 Å². The smallest absolute Gasteiger partial charge is 0.246 e. The third-order valence-corrected chi connectivity index (χ3v) is 9.27. The van der Waals surface area contributed by atoms with Crippen LogP contribution in [0.4, 0.5) is 5.69 Å². The molecule has 2 bridgehead atoms. The maximum Gasteiger partial charge on any atom is 0.246 e. The molecule has 194 valence electrons. The number of benzene rings is 1. The molecular formula is C28H36ClN3O4. The van der Waals surface area contributed by atoms with Gasteiger partial charge in [-0.15, -0.1) is 0 Å². The number of ether oxygens (including phenoxy) is 1. The SMILES string of the molecule is CCCN1C(=O)[C@H]2C(C(=O)Nc3ccc(C)c(Cl)c3)[C@H]3C=CC2(O3)C1C(=O)NC1CCCC(C)C1C. The number of hydrogen-bond donors (Lipinski definition) is 2. The van der Waals surface area contributed by atoms with Gasteiger partial charge in [0.1, 0.15) is 11.6 Å². The van der Waals surface area contributed by atoms with Crippen molar-refractivity contribution in [3.05, 3.63) is 40.9 Å². The largest absolute Gasteiger partial charge is 0.359 e. The number of amides is 3. The van der Waals surface area contributed by atoms with E-state index in [4.69, 9.17) is 16.3 Å². The summed E-state index contributed by atoms with van der Waals surface area (Å²) >= 11 is 6.25. The standard InChI is InChI=1S/C28H36ClN3O4/c1-5-13-32-24(26(34)31-20-8-6-7-15(2)17(20)4)28-12-11-21(36-28)22(23(28)27(32)35)25(33)30-18-10-9-16(3)19(29)14-18/h9-12,14-15,17,20-24H,5-8,13H2,1-4H3,(H,30,33)(H,31,34)/t15?,17?,20?,21-,22?,23-,24?,28?/m1/s1. The summed E-state index contributed by atoms with van der Waals surface area (Å²) in [6.07, 6.45) is 7.05. The monoisotopic (exact) mass is 513 g/mol. The van der Waals surface area contributed by atoms with Gasteiger partial charge in [-0.25, -0.2) is 0 Å². The Morgan fingerprint density at radius 2 is 2.00 bits per heavy atom. The van der Waals surface area contributed by atoms with Gasteiger partial charge in [0.2, 0.25) is 17.7 Å². The van der Waals surface area contributed by atoms with Gasteiger partial charge < -0.3 is 20.3 Å². The van der Waals surface area contributed by atoms with Crippen LogP contribution in [0.15, 0.2) is 30.4 Å². The van der Waals surface area contributed by atoms with E-state index in [1.807, 2.05) is 32.1 Å². The van der Waals surface area contributed by atoms with Gasteiger partial charge in [-0.1, -0.05) is 63.4 Å². The lowest BCUT2D eigenvalue weighted by Crippen LogP contribution is -2.57. The Morgan fingerprint density at radius 1 is 1.22 bits per heavy atom. The highest BCUT2D eigenvalue weighted by Gasteiger charge is 2.72. The van der Waals surface area contributed by atoms with E-state index in [9.17, 15) is 14.4 Å². The lowest BCUT2D eigenvalue weighted by atomic mass is 9.73. The van der Waals surface area contributed by atoms with Crippen molar-refractivity contribution in [2.24, 2.45) is 23.7 Å². The van der Waals surface area contributed by atoms with Crippen molar-refractivity contribution in [3.63, 3.8) is 0 Å². The quantitative estimate of drug-likeness (QED) is 0.561. The zero-order valence-electron chi connectivity index (χ0n) is 21.4. The van der Waals surface area contributed by atoms with Gasteiger partial charge in [0.05, 0.1) is 17.9 Å². The molecule has 3 heterocycles. The van der Waals surface area contributed by atoms with E-state index >= 15 is 0 Å². The fourth-order valence-electron chi connectivity index (χ4n) is 6.69. The van der Waals surface area contributed by atoms with Gasteiger partial charge in [-0.2, -0.15) is 0 Å². The summed E-state index contributed by atoms with van der Waals surface area (Å²) in [4.78, 5) is 42.7. The normalized spacial score (nSPS) is 36.8. The minimum atomic E-state index is -1.13. The summed E-state index contributed by atoms with van der Waals surface area (Å²) in [5.41, 5.74) is 0.357. The van der Waals surface area contributed by atoms with E-state index in [1.54, 1.807) is 17.0 Å². The van der Waals surface area contributed by atoms with Crippen LogP contribution in [0, 0.1) is 30.6 Å². The minimum Gasteiger partial charge on any atom is -0.359 e. The number of nitrogens with zero attached hydrogens (tertiary/aromatic N) is 1. The third kappa shape index (κ3) is 3.95. The first kappa shape index (κ1) is 25.3. The van der Waals surface area contributed by atoms with Gasteiger partial charge >= 0.3 is 0 Å². The number of anilines is 1. The van der Waals surface area contributed by atoms with E-state index < -0.39 is 29.6 Å². The second-order valence-electron chi connectivity index (χ2n) is 11.1. The molecule has 36 heavy (non-hydrogen) atoms. The van der Waals surface area contributed by atoms with Crippen LogP contribution >= 0.6 is 11.6 Å². The molecule has 1 aromatic carbocycles. The number of nitrogens with one attached hydrogen (secondary N) is 2. The Bertz CT molecular complexity index is 1110. The number of aryl methyl sites for hydroxylation is 1. The van der Waals surface area contributed by atoms with Gasteiger partial charge in [-0.05, 0) is 49.3 Å². The van der Waals surface area contributed by atoms with E-state index in [2.05, 4.69) is 24.5 Å². The summed E-state index contributed by atoms with van der Waals surface area (Å²) in [7, 11) is 0. The molecule has 7 nitrogen and oxygen atoms in total. The summed E-state index contributed by atoms with van der Waals surface area (Å²) in [6.45, 7) is 8.74. The third-order valence-electron chi connectivity index (χ3n) is 8.86. The molecule has 1 aromatic rings. The summed E-state index contributed by atoms with van der Waals surface area (Å²) < 4.78 is 6.39. The Morgan fingerprint density at radius 3 is 2.72 bits per heavy atom. The maximum absolute atomic E-state index is 13.8. The average molecular weight is 514 g/mol. The molecule has 3 aliphatic heterocycles. The fourth-order valence-corrected chi connectivity index (χ4v) is 6.87. The Kier molecular flexibility index (Phi) is 6.66. The Balaban J connectivity index is 1.42. The average Bonchev–Trinajstić information content (AvgIpc) is 3.47. The zero-order chi connectivity index (χ0) is 25.8. The lowest BCUT2D eigenvalue weighted by Gasteiger charge is -2.38. The number of carbonyl (C=O) groups excluding carboxylic acids is 3. The molecule has 2 saturated heterocycles. The van der Waals surface area contributed by atoms with E-state index in [1.165, 1.54) is 6.42 Å². The zero-order valence-corrected chi connectivity index (χ0v) is 22.2. The maximum atomic E-state index is 13.8. The molecule has 6 unspecified atom stereocenters. The van der Waals surface area contributed by atoms with Crippen molar-refractivity contribution in [3.8, 4) is 0 Å². The van der Waals surface area contributed by atoms with Crippen molar-refractivity contribution in [1.29, 1.82) is 0 Å². The van der Waals surface area contributed by atoms with E-state index in [0.29, 0.717) is 35.5 Å². The molecule has 0 aromatic heterocycles. The molecule has 3 amide bonds. The highest BCUT2D eigenvalue weighted by molar-refractivity contribution is 6.31. The Hall–Kier alpha value is -2.38. The highest BCUT2D eigenvalue weighted by atomic mass is 35.5. The number of rotatable bonds is 6. The highest BCUT2D eigenvalue weighted by Crippen LogP contribution is 2.55. The van der Waals surface area contributed by atoms with E-state index in [0.717, 1.165) is 18.4 Å². The molecule has 3 fully saturated rings. The predicted molar refractivity (Wildman–Crippen MR) is 138 cm³/mol. The molecule has 4 aliphatic rings. The first-order chi connectivity index (χ1) is 17.2. The van der Waals surface area contributed by atoms with Crippen LogP contribution in [0.25, 0.3) is 0 Å².